The molecule has 1 aliphatic carbocycles. The summed E-state index contributed by atoms with van der Waals surface area (Å²) in [5, 5.41) is 4.65. The standard InChI is InChI=1S/C17H23N3O2/c1-17(2,3)20-16(12-9-10-12)18-15(19-20)11-22-14-8-6-5-7-13(14)21-4/h5-8,12H,9-11H2,1-4H3. The number of hydrogen-bond donors (Lipinski definition) is 0. The Morgan fingerprint density at radius 2 is 1.86 bits per heavy atom. The van der Waals surface area contributed by atoms with Gasteiger partial charge in [-0.1, -0.05) is 12.1 Å². The second-order valence-corrected chi connectivity index (χ2v) is 6.68. The molecule has 0 amide bonds. The van der Waals surface area contributed by atoms with Gasteiger partial charge in [0.2, 0.25) is 0 Å². The van der Waals surface area contributed by atoms with Crippen LogP contribution >= 0.6 is 0 Å². The van der Waals surface area contributed by atoms with E-state index in [0.29, 0.717) is 18.3 Å². The van der Waals surface area contributed by atoms with Crippen molar-refractivity contribution in [1.82, 2.24) is 14.8 Å². The van der Waals surface area contributed by atoms with Gasteiger partial charge in [0, 0.05) is 5.92 Å². The molecule has 0 N–H and O–H groups in total. The Morgan fingerprint density at radius 3 is 2.45 bits per heavy atom. The molecular weight excluding hydrogens is 278 g/mol. The zero-order valence-corrected chi connectivity index (χ0v) is 13.7. The van der Waals surface area contributed by atoms with E-state index in [1.165, 1.54) is 12.8 Å². The molecule has 1 saturated carbocycles. The average Bonchev–Trinajstić information content (AvgIpc) is 3.24. The Kier molecular flexibility index (Phi) is 3.81. The third-order valence-electron chi connectivity index (χ3n) is 3.68. The van der Waals surface area contributed by atoms with Crippen molar-refractivity contribution in [3.63, 3.8) is 0 Å². The van der Waals surface area contributed by atoms with Gasteiger partial charge in [-0.25, -0.2) is 9.67 Å². The molecule has 0 unspecified atom stereocenters. The SMILES string of the molecule is COc1ccccc1OCc1nc(C2CC2)n(C(C)(C)C)n1. The Morgan fingerprint density at radius 1 is 1.18 bits per heavy atom. The summed E-state index contributed by atoms with van der Waals surface area (Å²) < 4.78 is 13.2. The fourth-order valence-electron chi connectivity index (χ4n) is 2.41. The summed E-state index contributed by atoms with van der Waals surface area (Å²) in [4.78, 5) is 4.70. The maximum atomic E-state index is 5.83. The molecule has 0 atom stereocenters. The van der Waals surface area contributed by atoms with Crippen LogP contribution in [0.25, 0.3) is 0 Å². The second kappa shape index (κ2) is 5.63. The zero-order chi connectivity index (χ0) is 15.7. The number of nitrogens with zero attached hydrogens (tertiary/aromatic N) is 3. The molecule has 0 saturated heterocycles. The molecule has 2 aromatic rings. The van der Waals surface area contributed by atoms with Crippen LogP contribution in [-0.4, -0.2) is 21.9 Å². The summed E-state index contributed by atoms with van der Waals surface area (Å²) in [5.41, 5.74) is -0.0619. The fraction of sp³-hybridized carbons (Fsp3) is 0.529. The summed E-state index contributed by atoms with van der Waals surface area (Å²) in [6.45, 7) is 6.80. The predicted molar refractivity (Wildman–Crippen MR) is 84.3 cm³/mol. The van der Waals surface area contributed by atoms with Crippen molar-refractivity contribution in [2.45, 2.75) is 51.7 Å². The van der Waals surface area contributed by atoms with E-state index >= 15 is 0 Å². The molecule has 118 valence electrons. The lowest BCUT2D eigenvalue weighted by atomic mass is 10.1. The summed E-state index contributed by atoms with van der Waals surface area (Å²) in [7, 11) is 1.64. The number of benzene rings is 1. The van der Waals surface area contributed by atoms with Gasteiger partial charge in [0.25, 0.3) is 0 Å². The van der Waals surface area contributed by atoms with E-state index in [4.69, 9.17) is 14.5 Å². The van der Waals surface area contributed by atoms with Gasteiger partial charge < -0.3 is 9.47 Å². The van der Waals surface area contributed by atoms with E-state index in [-0.39, 0.29) is 5.54 Å². The molecular formula is C17H23N3O2. The van der Waals surface area contributed by atoms with Gasteiger partial charge in [0.15, 0.2) is 17.3 Å². The zero-order valence-electron chi connectivity index (χ0n) is 13.7. The van der Waals surface area contributed by atoms with Crippen LogP contribution in [0.5, 0.6) is 11.5 Å². The van der Waals surface area contributed by atoms with Crippen LogP contribution in [0.15, 0.2) is 24.3 Å². The minimum Gasteiger partial charge on any atom is -0.493 e. The third-order valence-corrected chi connectivity index (χ3v) is 3.68. The molecule has 0 bridgehead atoms. The van der Waals surface area contributed by atoms with Crippen LogP contribution in [0.1, 0.15) is 51.2 Å². The Hall–Kier alpha value is -2.04. The number of rotatable bonds is 5. The van der Waals surface area contributed by atoms with Gasteiger partial charge in [-0.3, -0.25) is 0 Å². The van der Waals surface area contributed by atoms with Gasteiger partial charge in [-0.2, -0.15) is 5.10 Å². The molecule has 1 aromatic carbocycles. The first-order valence-electron chi connectivity index (χ1n) is 7.71. The minimum atomic E-state index is -0.0619. The smallest absolute Gasteiger partial charge is 0.188 e. The molecule has 1 heterocycles. The van der Waals surface area contributed by atoms with Crippen molar-refractivity contribution in [2.24, 2.45) is 0 Å². The molecule has 1 aliphatic rings. The first-order valence-corrected chi connectivity index (χ1v) is 7.71. The first kappa shape index (κ1) is 14.9. The highest BCUT2D eigenvalue weighted by atomic mass is 16.5. The normalized spacial score (nSPS) is 14.9. The number of ether oxygens (including phenoxy) is 2. The Bertz CT molecular complexity index is 654. The maximum Gasteiger partial charge on any atom is 0.188 e. The number of hydrogen-bond acceptors (Lipinski definition) is 4. The van der Waals surface area contributed by atoms with Crippen LogP contribution in [0.2, 0.25) is 0 Å². The number of methoxy groups -OCH3 is 1. The van der Waals surface area contributed by atoms with Gasteiger partial charge >= 0.3 is 0 Å². The van der Waals surface area contributed by atoms with Crippen LogP contribution in [0.3, 0.4) is 0 Å². The topological polar surface area (TPSA) is 49.2 Å². The van der Waals surface area contributed by atoms with Crippen molar-refractivity contribution in [2.75, 3.05) is 7.11 Å². The summed E-state index contributed by atoms with van der Waals surface area (Å²) in [6.07, 6.45) is 2.42. The molecule has 1 aromatic heterocycles. The molecule has 5 nitrogen and oxygen atoms in total. The monoisotopic (exact) mass is 301 g/mol. The maximum absolute atomic E-state index is 5.83. The molecule has 0 radical (unpaired) electrons. The predicted octanol–water partition coefficient (Wildman–Crippen LogP) is 3.50. The molecule has 5 heteroatoms. The molecule has 0 spiro atoms. The van der Waals surface area contributed by atoms with E-state index in [2.05, 4.69) is 25.9 Å². The quantitative estimate of drug-likeness (QED) is 0.848. The van der Waals surface area contributed by atoms with Crippen molar-refractivity contribution in [1.29, 1.82) is 0 Å². The molecule has 3 rings (SSSR count). The average molecular weight is 301 g/mol. The van der Waals surface area contributed by atoms with Crippen LogP contribution in [0.4, 0.5) is 0 Å². The summed E-state index contributed by atoms with van der Waals surface area (Å²) in [5.74, 6) is 3.81. The van der Waals surface area contributed by atoms with Gasteiger partial charge in [0.05, 0.1) is 12.6 Å². The van der Waals surface area contributed by atoms with Crippen LogP contribution < -0.4 is 9.47 Å². The highest BCUT2D eigenvalue weighted by molar-refractivity contribution is 5.39. The molecule has 22 heavy (non-hydrogen) atoms. The van der Waals surface area contributed by atoms with Crippen molar-refractivity contribution >= 4 is 0 Å². The molecule has 1 fully saturated rings. The van der Waals surface area contributed by atoms with E-state index in [1.807, 2.05) is 28.9 Å². The Balaban J connectivity index is 1.78. The van der Waals surface area contributed by atoms with E-state index < -0.39 is 0 Å². The largest absolute Gasteiger partial charge is 0.493 e. The summed E-state index contributed by atoms with van der Waals surface area (Å²) >= 11 is 0. The molecule has 0 aliphatic heterocycles. The lowest BCUT2D eigenvalue weighted by Gasteiger charge is -2.21. The van der Waals surface area contributed by atoms with Crippen LogP contribution in [-0.2, 0) is 12.1 Å². The first-order chi connectivity index (χ1) is 10.5. The van der Waals surface area contributed by atoms with Crippen LogP contribution in [0, 0.1) is 0 Å². The van der Waals surface area contributed by atoms with E-state index in [9.17, 15) is 0 Å². The van der Waals surface area contributed by atoms with Gasteiger partial charge in [0.1, 0.15) is 12.4 Å². The van der Waals surface area contributed by atoms with Gasteiger partial charge in [-0.15, -0.1) is 0 Å². The van der Waals surface area contributed by atoms with Crippen molar-refractivity contribution in [3.8, 4) is 11.5 Å². The van der Waals surface area contributed by atoms with Crippen molar-refractivity contribution in [3.05, 3.63) is 35.9 Å². The lowest BCUT2D eigenvalue weighted by molar-refractivity contribution is 0.272. The minimum absolute atomic E-state index is 0.0619. The lowest BCUT2D eigenvalue weighted by Crippen LogP contribution is -2.25. The Labute approximate surface area is 131 Å². The third kappa shape index (κ3) is 3.08. The van der Waals surface area contributed by atoms with E-state index in [0.717, 1.165) is 17.4 Å². The second-order valence-electron chi connectivity index (χ2n) is 6.68. The fourth-order valence-corrected chi connectivity index (χ4v) is 2.41. The summed E-state index contributed by atoms with van der Waals surface area (Å²) in [6, 6.07) is 7.62. The van der Waals surface area contributed by atoms with Crippen molar-refractivity contribution < 1.29 is 9.47 Å². The number of para-hydroxylation sites is 2. The highest BCUT2D eigenvalue weighted by Crippen LogP contribution is 2.40. The van der Waals surface area contributed by atoms with Gasteiger partial charge in [-0.05, 0) is 45.7 Å². The van der Waals surface area contributed by atoms with E-state index in [1.54, 1.807) is 7.11 Å². The number of aromatic nitrogens is 3. The highest BCUT2D eigenvalue weighted by Gasteiger charge is 2.33.